The fourth-order valence-corrected chi connectivity index (χ4v) is 4.74. The molecule has 0 aliphatic carbocycles. The van der Waals surface area contributed by atoms with Crippen molar-refractivity contribution in [3.8, 4) is 28.6 Å². The second-order valence-corrected chi connectivity index (χ2v) is 8.61. The molecule has 3 amide bonds. The number of fused-ring (bicyclic) bond motifs is 1. The summed E-state index contributed by atoms with van der Waals surface area (Å²) in [5.41, 5.74) is 0.648. The van der Waals surface area contributed by atoms with Crippen molar-refractivity contribution >= 4 is 11.9 Å². The maximum absolute atomic E-state index is 13.3. The highest BCUT2D eigenvalue weighted by molar-refractivity contribution is 6.07. The van der Waals surface area contributed by atoms with Gasteiger partial charge in [0.2, 0.25) is 5.88 Å². The molecule has 1 spiro atoms. The average molecular weight is 453 g/mol. The molecule has 1 unspecified atom stereocenters. The van der Waals surface area contributed by atoms with E-state index in [1.54, 1.807) is 13.2 Å². The van der Waals surface area contributed by atoms with Crippen LogP contribution in [-0.4, -0.2) is 78.3 Å². The maximum atomic E-state index is 13.3. The number of para-hydroxylation sites is 1. The average Bonchev–Trinajstić information content (AvgIpc) is 3.08. The van der Waals surface area contributed by atoms with Crippen molar-refractivity contribution < 1.29 is 23.8 Å². The van der Waals surface area contributed by atoms with Gasteiger partial charge < -0.3 is 24.4 Å². The number of nitrogens with zero attached hydrogens (tertiary/aromatic N) is 3. The first-order valence-electron chi connectivity index (χ1n) is 11.3. The molecule has 1 aromatic heterocycles. The number of piperidine rings is 1. The predicted molar refractivity (Wildman–Crippen MR) is 120 cm³/mol. The van der Waals surface area contributed by atoms with E-state index in [0.29, 0.717) is 35.9 Å². The molecule has 0 bridgehead atoms. The number of amides is 3. The Morgan fingerprint density at radius 1 is 1.18 bits per heavy atom. The Kier molecular flexibility index (Phi) is 5.57. The van der Waals surface area contributed by atoms with Gasteiger partial charge in [-0.25, -0.2) is 9.78 Å². The summed E-state index contributed by atoms with van der Waals surface area (Å²) in [6.45, 7) is 5.01. The number of hydrogen-bond donors (Lipinski definition) is 1. The van der Waals surface area contributed by atoms with Gasteiger partial charge in [0.15, 0.2) is 17.6 Å². The third-order valence-electron chi connectivity index (χ3n) is 6.69. The van der Waals surface area contributed by atoms with Crippen LogP contribution in [0.5, 0.6) is 17.4 Å². The molecule has 0 saturated carbocycles. The topological polar surface area (TPSA) is 93.2 Å². The largest absolute Gasteiger partial charge is 0.486 e. The number of pyridine rings is 1. The van der Waals surface area contributed by atoms with Gasteiger partial charge in [-0.15, -0.1) is 0 Å². The molecule has 1 atom stereocenters. The lowest BCUT2D eigenvalue weighted by Gasteiger charge is -2.37. The lowest BCUT2D eigenvalue weighted by atomic mass is 9.87. The second kappa shape index (κ2) is 8.55. The molecule has 2 aromatic rings. The van der Waals surface area contributed by atoms with Crippen molar-refractivity contribution in [1.82, 2.24) is 20.1 Å². The number of hydrogen-bond acceptors (Lipinski definition) is 7. The fourth-order valence-electron chi connectivity index (χ4n) is 4.74. The van der Waals surface area contributed by atoms with Crippen LogP contribution in [0.15, 0.2) is 36.4 Å². The van der Waals surface area contributed by atoms with Crippen LogP contribution in [0, 0.1) is 0 Å². The molecular formula is C24H28N4O5. The summed E-state index contributed by atoms with van der Waals surface area (Å²) in [5, 5.41) is 2.96. The van der Waals surface area contributed by atoms with E-state index in [2.05, 4.69) is 22.1 Å². The molecule has 3 aliphatic rings. The highest BCUT2D eigenvalue weighted by Gasteiger charge is 2.52. The van der Waals surface area contributed by atoms with Crippen LogP contribution in [0.2, 0.25) is 0 Å². The first kappa shape index (κ1) is 21.5. The summed E-state index contributed by atoms with van der Waals surface area (Å²) in [6, 6.07) is 10.8. The number of benzene rings is 1. The lowest BCUT2D eigenvalue weighted by molar-refractivity contribution is -0.134. The fraction of sp³-hybridized carbons (Fsp3) is 0.458. The zero-order valence-electron chi connectivity index (χ0n) is 18.9. The van der Waals surface area contributed by atoms with Gasteiger partial charge in [-0.05, 0) is 37.6 Å². The number of ether oxygens (including phenoxy) is 3. The van der Waals surface area contributed by atoms with Crippen molar-refractivity contribution in [1.29, 1.82) is 0 Å². The third-order valence-corrected chi connectivity index (χ3v) is 6.69. The van der Waals surface area contributed by atoms with E-state index in [0.717, 1.165) is 25.2 Å². The van der Waals surface area contributed by atoms with Crippen LogP contribution in [-0.2, 0) is 4.79 Å². The van der Waals surface area contributed by atoms with Crippen molar-refractivity contribution in [2.45, 2.75) is 31.4 Å². The molecule has 9 nitrogen and oxygen atoms in total. The SMILES string of the molecule is CCN1CCC2(CC1)NC(=O)N(CC1COc3cccc(-c4cccc(OC)n4)c3O1)C2=O. The number of aromatic nitrogens is 1. The molecule has 9 heteroatoms. The Morgan fingerprint density at radius 3 is 2.73 bits per heavy atom. The second-order valence-electron chi connectivity index (χ2n) is 8.61. The number of methoxy groups -OCH3 is 1. The van der Waals surface area contributed by atoms with Crippen LogP contribution in [0.1, 0.15) is 19.8 Å². The van der Waals surface area contributed by atoms with Gasteiger partial charge in [0.05, 0.1) is 19.3 Å². The molecule has 174 valence electrons. The number of carbonyl (C=O) groups is 2. The van der Waals surface area contributed by atoms with Crippen LogP contribution in [0.3, 0.4) is 0 Å². The number of urea groups is 1. The van der Waals surface area contributed by atoms with Crippen LogP contribution >= 0.6 is 0 Å². The summed E-state index contributed by atoms with van der Waals surface area (Å²) < 4.78 is 17.5. The highest BCUT2D eigenvalue weighted by Crippen LogP contribution is 2.41. The van der Waals surface area contributed by atoms with E-state index in [1.165, 1.54) is 4.90 Å². The van der Waals surface area contributed by atoms with Crippen LogP contribution in [0.25, 0.3) is 11.3 Å². The molecule has 4 heterocycles. The van der Waals surface area contributed by atoms with Crippen molar-refractivity contribution in [2.24, 2.45) is 0 Å². The first-order chi connectivity index (χ1) is 16.0. The smallest absolute Gasteiger partial charge is 0.325 e. The lowest BCUT2D eigenvalue weighted by Crippen LogP contribution is -2.55. The molecule has 1 N–H and O–H groups in total. The van der Waals surface area contributed by atoms with E-state index in [-0.39, 0.29) is 25.1 Å². The summed E-state index contributed by atoms with van der Waals surface area (Å²) >= 11 is 0. The molecular weight excluding hydrogens is 424 g/mol. The Labute approximate surface area is 192 Å². The minimum Gasteiger partial charge on any atom is -0.486 e. The van der Waals surface area contributed by atoms with Crippen molar-refractivity contribution in [3.05, 3.63) is 36.4 Å². The Balaban J connectivity index is 1.34. The number of imide groups is 1. The number of rotatable bonds is 5. The normalized spacial score (nSPS) is 21.9. The van der Waals surface area contributed by atoms with Gasteiger partial charge in [-0.3, -0.25) is 9.69 Å². The molecule has 3 aliphatic heterocycles. The van der Waals surface area contributed by atoms with E-state index in [1.807, 2.05) is 30.3 Å². The molecule has 2 fully saturated rings. The summed E-state index contributed by atoms with van der Waals surface area (Å²) in [5.74, 6) is 1.49. The van der Waals surface area contributed by atoms with Gasteiger partial charge >= 0.3 is 6.03 Å². The minimum atomic E-state index is -0.800. The molecule has 33 heavy (non-hydrogen) atoms. The van der Waals surface area contributed by atoms with Gasteiger partial charge in [0.25, 0.3) is 5.91 Å². The van der Waals surface area contributed by atoms with E-state index in [4.69, 9.17) is 14.2 Å². The van der Waals surface area contributed by atoms with Crippen LogP contribution in [0.4, 0.5) is 4.79 Å². The Bertz CT molecular complexity index is 1070. The Hall–Kier alpha value is -3.33. The summed E-state index contributed by atoms with van der Waals surface area (Å²) in [7, 11) is 1.57. The Morgan fingerprint density at radius 2 is 1.97 bits per heavy atom. The van der Waals surface area contributed by atoms with Crippen molar-refractivity contribution in [3.63, 3.8) is 0 Å². The summed E-state index contributed by atoms with van der Waals surface area (Å²) in [4.78, 5) is 34.1. The molecule has 2 saturated heterocycles. The standard InChI is InChI=1S/C24H28N4O5/c1-3-27-12-10-24(11-13-27)22(29)28(23(30)26-24)14-16-15-32-19-8-4-6-17(21(19)33-16)18-7-5-9-20(25-18)31-2/h4-9,16H,3,10-15H2,1-2H3,(H,26,30). The van der Waals surface area contributed by atoms with Gasteiger partial charge in [-0.1, -0.05) is 19.1 Å². The van der Waals surface area contributed by atoms with E-state index < -0.39 is 11.6 Å². The van der Waals surface area contributed by atoms with Gasteiger partial charge in [0, 0.05) is 24.7 Å². The van der Waals surface area contributed by atoms with E-state index in [9.17, 15) is 9.59 Å². The highest BCUT2D eigenvalue weighted by atomic mass is 16.6. The first-order valence-corrected chi connectivity index (χ1v) is 11.3. The zero-order chi connectivity index (χ0) is 23.0. The van der Waals surface area contributed by atoms with Crippen LogP contribution < -0.4 is 19.5 Å². The molecule has 5 rings (SSSR count). The van der Waals surface area contributed by atoms with E-state index >= 15 is 0 Å². The van der Waals surface area contributed by atoms with Gasteiger partial charge in [0.1, 0.15) is 12.1 Å². The monoisotopic (exact) mass is 452 g/mol. The quantitative estimate of drug-likeness (QED) is 0.696. The number of nitrogens with one attached hydrogen (secondary N) is 1. The molecule has 0 radical (unpaired) electrons. The molecule has 1 aromatic carbocycles. The number of carbonyl (C=O) groups excluding carboxylic acids is 2. The minimum absolute atomic E-state index is 0.128. The predicted octanol–water partition coefficient (Wildman–Crippen LogP) is 2.30. The maximum Gasteiger partial charge on any atom is 0.325 e. The zero-order valence-corrected chi connectivity index (χ0v) is 18.9. The van der Waals surface area contributed by atoms with Gasteiger partial charge in [-0.2, -0.15) is 0 Å². The summed E-state index contributed by atoms with van der Waals surface area (Å²) in [6.07, 6.45) is 0.765. The van der Waals surface area contributed by atoms with Crippen molar-refractivity contribution in [2.75, 3.05) is 39.9 Å². The third kappa shape index (κ3) is 3.86. The number of likely N-dealkylation sites (tertiary alicyclic amines) is 1.